The van der Waals surface area contributed by atoms with Crippen molar-refractivity contribution < 1.29 is 9.90 Å². The highest BCUT2D eigenvalue weighted by Gasteiger charge is 2.01. The second kappa shape index (κ2) is 17.7. The number of carbonyl (C=O) groups excluding carboxylic acids is 1. The standard InChI is InChI=1S/C19H37O2/c1-2-3-4-5-6-7-8-9-10-11-12-13-14-15-16-17-19(21)18-20/h19,21H,2-17H2,1H3. The summed E-state index contributed by atoms with van der Waals surface area (Å²) in [6.07, 6.45) is 21.4. The van der Waals surface area contributed by atoms with Gasteiger partial charge < -0.3 is 5.11 Å². The van der Waals surface area contributed by atoms with Crippen molar-refractivity contribution in [3.8, 4) is 0 Å². The van der Waals surface area contributed by atoms with E-state index in [2.05, 4.69) is 6.92 Å². The topological polar surface area (TPSA) is 37.3 Å². The summed E-state index contributed by atoms with van der Waals surface area (Å²) in [5.74, 6) is 0. The van der Waals surface area contributed by atoms with Crippen LogP contribution in [0.2, 0.25) is 0 Å². The summed E-state index contributed by atoms with van der Waals surface area (Å²) in [6.45, 7) is 2.27. The Hall–Kier alpha value is -0.370. The number of aliphatic hydroxyl groups is 1. The van der Waals surface area contributed by atoms with Crippen LogP contribution >= 0.6 is 0 Å². The molecule has 0 aromatic carbocycles. The molecule has 0 spiro atoms. The van der Waals surface area contributed by atoms with Crippen molar-refractivity contribution in [1.29, 1.82) is 0 Å². The van der Waals surface area contributed by atoms with E-state index >= 15 is 0 Å². The zero-order valence-electron chi connectivity index (χ0n) is 14.2. The molecular weight excluding hydrogens is 260 g/mol. The first kappa shape index (κ1) is 20.6. The maximum atomic E-state index is 10.1. The van der Waals surface area contributed by atoms with Crippen molar-refractivity contribution in [3.63, 3.8) is 0 Å². The van der Waals surface area contributed by atoms with Crippen LogP contribution in [0.25, 0.3) is 0 Å². The second-order valence-electron chi connectivity index (χ2n) is 6.37. The largest absolute Gasteiger partial charge is 0.385 e. The number of aliphatic hydroxyl groups excluding tert-OH is 1. The third kappa shape index (κ3) is 17.6. The zero-order chi connectivity index (χ0) is 15.6. The third-order valence-electron chi connectivity index (χ3n) is 4.22. The summed E-state index contributed by atoms with van der Waals surface area (Å²) in [5.41, 5.74) is 0. The molecule has 0 amide bonds. The molecule has 0 saturated heterocycles. The van der Waals surface area contributed by atoms with Gasteiger partial charge in [0.05, 0.1) is 0 Å². The highest BCUT2D eigenvalue weighted by molar-refractivity contribution is 5.56. The minimum Gasteiger partial charge on any atom is -0.385 e. The fourth-order valence-corrected chi connectivity index (χ4v) is 2.77. The summed E-state index contributed by atoms with van der Waals surface area (Å²) in [6, 6.07) is 0. The van der Waals surface area contributed by atoms with Crippen LogP contribution in [0.15, 0.2) is 0 Å². The van der Waals surface area contributed by atoms with E-state index in [1.807, 2.05) is 0 Å². The molecule has 125 valence electrons. The van der Waals surface area contributed by atoms with Crippen LogP contribution in [0, 0.1) is 0 Å². The van der Waals surface area contributed by atoms with Crippen molar-refractivity contribution >= 4 is 6.29 Å². The predicted molar refractivity (Wildman–Crippen MR) is 91.2 cm³/mol. The molecule has 1 unspecified atom stereocenters. The number of rotatable bonds is 17. The van der Waals surface area contributed by atoms with Crippen LogP contribution < -0.4 is 0 Å². The van der Waals surface area contributed by atoms with Gasteiger partial charge >= 0.3 is 0 Å². The van der Waals surface area contributed by atoms with Gasteiger partial charge in [0.1, 0.15) is 6.10 Å². The first-order valence-corrected chi connectivity index (χ1v) is 9.37. The molecule has 0 heterocycles. The normalized spacial score (nSPS) is 12.5. The van der Waals surface area contributed by atoms with Crippen molar-refractivity contribution in [2.24, 2.45) is 0 Å². The quantitative estimate of drug-likeness (QED) is 0.349. The van der Waals surface area contributed by atoms with E-state index in [1.165, 1.54) is 83.5 Å². The summed E-state index contributed by atoms with van der Waals surface area (Å²) in [7, 11) is 0. The Labute approximate surface area is 132 Å². The first-order valence-electron chi connectivity index (χ1n) is 9.37. The van der Waals surface area contributed by atoms with Gasteiger partial charge in [0.15, 0.2) is 0 Å². The van der Waals surface area contributed by atoms with Crippen molar-refractivity contribution in [2.75, 3.05) is 0 Å². The van der Waals surface area contributed by atoms with E-state index in [-0.39, 0.29) is 0 Å². The molecule has 2 heteroatoms. The van der Waals surface area contributed by atoms with E-state index in [4.69, 9.17) is 5.11 Å². The maximum absolute atomic E-state index is 10.1. The zero-order valence-corrected chi connectivity index (χ0v) is 14.2. The van der Waals surface area contributed by atoms with Gasteiger partial charge in [-0.15, -0.1) is 0 Å². The fraction of sp³-hybridized carbons (Fsp3) is 0.947. The Balaban J connectivity index is 2.98. The minimum atomic E-state index is -0.855. The van der Waals surface area contributed by atoms with Crippen LogP contribution in [0.4, 0.5) is 0 Å². The molecule has 2 nitrogen and oxygen atoms in total. The van der Waals surface area contributed by atoms with Crippen LogP contribution in [0.5, 0.6) is 0 Å². The molecular formula is C19H37O2. The molecule has 0 rings (SSSR count). The SMILES string of the molecule is CCCCCCCCCCCCCCCCCC(O)[C]=O. The van der Waals surface area contributed by atoms with Crippen molar-refractivity contribution in [3.05, 3.63) is 0 Å². The molecule has 0 aliphatic carbocycles. The highest BCUT2D eigenvalue weighted by atomic mass is 16.3. The maximum Gasteiger partial charge on any atom is 0.229 e. The third-order valence-corrected chi connectivity index (χ3v) is 4.22. The lowest BCUT2D eigenvalue weighted by Crippen LogP contribution is -2.06. The van der Waals surface area contributed by atoms with E-state index in [0.717, 1.165) is 12.8 Å². The smallest absolute Gasteiger partial charge is 0.229 e. The van der Waals surface area contributed by atoms with Crippen molar-refractivity contribution in [2.45, 2.75) is 116 Å². The lowest BCUT2D eigenvalue weighted by atomic mass is 10.0. The summed E-state index contributed by atoms with van der Waals surface area (Å²) >= 11 is 0. The first-order chi connectivity index (χ1) is 10.3. The number of hydrogen-bond acceptors (Lipinski definition) is 2. The summed E-state index contributed by atoms with van der Waals surface area (Å²) in [5, 5.41) is 9.04. The average Bonchev–Trinajstić information content (AvgIpc) is 2.50. The van der Waals surface area contributed by atoms with Crippen LogP contribution in [0.1, 0.15) is 110 Å². The van der Waals surface area contributed by atoms with Gasteiger partial charge in [-0.05, 0) is 6.42 Å². The van der Waals surface area contributed by atoms with Gasteiger partial charge in [-0.1, -0.05) is 103 Å². The number of hydrogen-bond donors (Lipinski definition) is 1. The Kier molecular flexibility index (Phi) is 17.4. The van der Waals surface area contributed by atoms with Gasteiger partial charge in [0.2, 0.25) is 6.29 Å². The Morgan fingerprint density at radius 1 is 0.667 bits per heavy atom. The predicted octanol–water partition coefficient (Wildman–Crippen LogP) is 5.72. The molecule has 0 saturated carbocycles. The molecule has 21 heavy (non-hydrogen) atoms. The van der Waals surface area contributed by atoms with Crippen molar-refractivity contribution in [1.82, 2.24) is 0 Å². The number of unbranched alkanes of at least 4 members (excludes halogenated alkanes) is 14. The Morgan fingerprint density at radius 2 is 1.00 bits per heavy atom. The summed E-state index contributed by atoms with van der Waals surface area (Å²) in [4.78, 5) is 10.1. The Morgan fingerprint density at radius 3 is 1.33 bits per heavy atom. The fourth-order valence-electron chi connectivity index (χ4n) is 2.77. The van der Waals surface area contributed by atoms with Gasteiger partial charge in [0.25, 0.3) is 0 Å². The average molecular weight is 298 g/mol. The van der Waals surface area contributed by atoms with E-state index in [0.29, 0.717) is 6.42 Å². The van der Waals surface area contributed by atoms with Gasteiger partial charge in [-0.2, -0.15) is 0 Å². The summed E-state index contributed by atoms with van der Waals surface area (Å²) < 4.78 is 0. The van der Waals surface area contributed by atoms with E-state index < -0.39 is 6.10 Å². The van der Waals surface area contributed by atoms with E-state index in [9.17, 15) is 4.79 Å². The van der Waals surface area contributed by atoms with Crippen LogP contribution in [-0.2, 0) is 4.79 Å². The molecule has 0 fully saturated rings. The van der Waals surface area contributed by atoms with Gasteiger partial charge in [-0.3, -0.25) is 4.79 Å². The molecule has 1 atom stereocenters. The molecule has 0 bridgehead atoms. The molecule has 1 N–H and O–H groups in total. The monoisotopic (exact) mass is 297 g/mol. The minimum absolute atomic E-state index is 0.585. The molecule has 0 aliphatic heterocycles. The molecule has 1 radical (unpaired) electrons. The highest BCUT2D eigenvalue weighted by Crippen LogP contribution is 2.13. The lowest BCUT2D eigenvalue weighted by molar-refractivity contribution is 0.219. The van der Waals surface area contributed by atoms with E-state index in [1.54, 1.807) is 6.29 Å². The van der Waals surface area contributed by atoms with Gasteiger partial charge in [-0.25, -0.2) is 0 Å². The molecule has 0 aromatic rings. The Bertz CT molecular complexity index is 204. The second-order valence-corrected chi connectivity index (χ2v) is 6.37. The lowest BCUT2D eigenvalue weighted by Gasteiger charge is -2.04. The van der Waals surface area contributed by atoms with Crippen LogP contribution in [0.3, 0.4) is 0 Å². The molecule has 0 aliphatic rings. The van der Waals surface area contributed by atoms with Crippen LogP contribution in [-0.4, -0.2) is 17.5 Å². The van der Waals surface area contributed by atoms with Gasteiger partial charge in [0, 0.05) is 0 Å². The molecule has 0 aromatic heterocycles.